The summed E-state index contributed by atoms with van der Waals surface area (Å²) in [7, 11) is 0. The number of anilines is 1. The number of carbonyl (C=O) groups is 1. The van der Waals surface area contributed by atoms with Crippen molar-refractivity contribution in [2.45, 2.75) is 12.5 Å². The van der Waals surface area contributed by atoms with Gasteiger partial charge in [-0.25, -0.2) is 5.01 Å². The Morgan fingerprint density at radius 3 is 2.10 bits per heavy atom. The lowest BCUT2D eigenvalue weighted by molar-refractivity contribution is -0.130. The minimum atomic E-state index is -1.14. The van der Waals surface area contributed by atoms with Crippen LogP contribution >= 0.6 is 11.8 Å². The fraction of sp³-hybridized carbons (Fsp3) is 0.120. The first kappa shape index (κ1) is 19.5. The molecule has 5 nitrogen and oxygen atoms in total. The van der Waals surface area contributed by atoms with Gasteiger partial charge in [0.15, 0.2) is 10.7 Å². The monoisotopic (exact) mass is 427 g/mol. The van der Waals surface area contributed by atoms with Crippen LogP contribution in [0.1, 0.15) is 18.1 Å². The van der Waals surface area contributed by atoms with Gasteiger partial charge in [0, 0.05) is 6.20 Å². The zero-order chi connectivity index (χ0) is 21.3. The van der Waals surface area contributed by atoms with Crippen molar-refractivity contribution in [3.05, 3.63) is 108 Å². The highest BCUT2D eigenvalue weighted by Crippen LogP contribution is 2.45. The van der Waals surface area contributed by atoms with Gasteiger partial charge in [-0.15, -0.1) is 5.10 Å². The Morgan fingerprint density at radius 2 is 1.52 bits per heavy atom. The van der Waals surface area contributed by atoms with E-state index in [-0.39, 0.29) is 5.91 Å². The first-order valence-corrected chi connectivity index (χ1v) is 11.0. The highest BCUT2D eigenvalue weighted by atomic mass is 32.2. The average Bonchev–Trinajstić information content (AvgIpc) is 3.30. The van der Waals surface area contributed by atoms with Gasteiger partial charge in [0.1, 0.15) is 5.75 Å². The van der Waals surface area contributed by atoms with E-state index in [0.717, 1.165) is 22.6 Å². The Balaban J connectivity index is 1.78. The first-order chi connectivity index (χ1) is 15.2. The number of hydrogen-bond acceptors (Lipinski definition) is 5. The number of thioether (sulfide) groups is 1. The summed E-state index contributed by atoms with van der Waals surface area (Å²) in [4.78, 5) is 15.8. The Kier molecular flexibility index (Phi) is 5.00. The van der Waals surface area contributed by atoms with Gasteiger partial charge in [0.25, 0.3) is 5.91 Å². The summed E-state index contributed by atoms with van der Waals surface area (Å²) in [5, 5.41) is 9.34. The van der Waals surface area contributed by atoms with Crippen LogP contribution < -0.4 is 9.75 Å². The van der Waals surface area contributed by atoms with E-state index >= 15 is 0 Å². The molecule has 0 radical (unpaired) electrons. The fourth-order valence-corrected chi connectivity index (χ4v) is 4.73. The van der Waals surface area contributed by atoms with E-state index in [1.807, 2.05) is 102 Å². The second-order valence-corrected chi connectivity index (χ2v) is 8.01. The minimum Gasteiger partial charge on any atom is -0.494 e. The smallest absolute Gasteiger partial charge is 0.269 e. The number of hydrogen-bond donors (Lipinski definition) is 0. The van der Waals surface area contributed by atoms with Gasteiger partial charge < -0.3 is 4.74 Å². The molecule has 2 aliphatic heterocycles. The number of fused-ring (bicyclic) bond motifs is 1. The molecule has 0 saturated carbocycles. The Bertz CT molecular complexity index is 1100. The molecule has 1 amide bonds. The molecule has 0 N–H and O–H groups in total. The molecule has 3 aromatic carbocycles. The molecule has 6 heteroatoms. The lowest BCUT2D eigenvalue weighted by Gasteiger charge is -2.46. The molecule has 0 spiro atoms. The molecule has 0 aliphatic carbocycles. The van der Waals surface area contributed by atoms with E-state index in [4.69, 9.17) is 9.84 Å². The van der Waals surface area contributed by atoms with Crippen LogP contribution in [0.3, 0.4) is 0 Å². The zero-order valence-corrected chi connectivity index (χ0v) is 17.8. The molecule has 0 atom stereocenters. The van der Waals surface area contributed by atoms with Crippen molar-refractivity contribution in [3.63, 3.8) is 0 Å². The van der Waals surface area contributed by atoms with Crippen molar-refractivity contribution in [1.29, 1.82) is 0 Å². The van der Waals surface area contributed by atoms with Crippen LogP contribution in [0.15, 0.2) is 102 Å². The summed E-state index contributed by atoms with van der Waals surface area (Å²) in [5.41, 5.74) is 1.37. The molecule has 3 aromatic rings. The van der Waals surface area contributed by atoms with E-state index in [0.29, 0.717) is 11.8 Å². The topological polar surface area (TPSA) is 45.1 Å². The molecular formula is C25H21N3O2S. The number of nitrogens with zero attached hydrogens (tertiary/aromatic N) is 3. The number of hydrazone groups is 1. The van der Waals surface area contributed by atoms with Crippen LogP contribution in [0.2, 0.25) is 0 Å². The molecule has 154 valence electrons. The van der Waals surface area contributed by atoms with Crippen LogP contribution in [0.5, 0.6) is 5.75 Å². The molecule has 0 unspecified atom stereocenters. The SMILES string of the molecule is CCOc1ccc(N2N=C3SC=CN3C(=O)C2(c2ccccc2)c2ccccc2)cc1. The zero-order valence-electron chi connectivity index (χ0n) is 17.0. The average molecular weight is 428 g/mol. The van der Waals surface area contributed by atoms with E-state index in [2.05, 4.69) is 0 Å². The maximum Gasteiger partial charge on any atom is 0.269 e. The van der Waals surface area contributed by atoms with Crippen molar-refractivity contribution in [2.24, 2.45) is 5.10 Å². The summed E-state index contributed by atoms with van der Waals surface area (Å²) >= 11 is 1.44. The largest absolute Gasteiger partial charge is 0.494 e. The standard InChI is InChI=1S/C25H21N3O2S/c1-2-30-22-15-13-21(14-16-22)28-25(19-9-5-3-6-10-19,20-11-7-4-8-12-20)23(29)27-17-18-31-24(27)26-28/h3-18H,2H2,1H3. The van der Waals surface area contributed by atoms with Gasteiger partial charge in [-0.2, -0.15) is 0 Å². The fourth-order valence-electron chi connectivity index (χ4n) is 4.04. The first-order valence-electron chi connectivity index (χ1n) is 10.1. The van der Waals surface area contributed by atoms with E-state index in [1.165, 1.54) is 11.8 Å². The van der Waals surface area contributed by atoms with Crippen LogP contribution in [0.25, 0.3) is 0 Å². The molecule has 2 aliphatic rings. The molecule has 31 heavy (non-hydrogen) atoms. The normalized spacial score (nSPS) is 16.8. The van der Waals surface area contributed by atoms with E-state index in [1.54, 1.807) is 11.1 Å². The number of amidine groups is 1. The van der Waals surface area contributed by atoms with Crippen molar-refractivity contribution in [2.75, 3.05) is 11.6 Å². The van der Waals surface area contributed by atoms with Gasteiger partial charge in [-0.3, -0.25) is 9.69 Å². The number of ether oxygens (including phenoxy) is 1. The Hall–Kier alpha value is -3.51. The summed E-state index contributed by atoms with van der Waals surface area (Å²) in [6.07, 6.45) is 1.79. The summed E-state index contributed by atoms with van der Waals surface area (Å²) in [5.74, 6) is 0.718. The lowest BCUT2D eigenvalue weighted by Crippen LogP contribution is -2.59. The van der Waals surface area contributed by atoms with Crippen LogP contribution in [0, 0.1) is 0 Å². The van der Waals surface area contributed by atoms with Gasteiger partial charge in [-0.1, -0.05) is 72.4 Å². The van der Waals surface area contributed by atoms with Gasteiger partial charge in [0.05, 0.1) is 12.3 Å². The summed E-state index contributed by atoms with van der Waals surface area (Å²) in [6, 6.07) is 27.4. The van der Waals surface area contributed by atoms with Crippen LogP contribution in [-0.4, -0.2) is 22.6 Å². The van der Waals surface area contributed by atoms with Crippen molar-refractivity contribution in [3.8, 4) is 5.75 Å². The predicted octanol–water partition coefficient (Wildman–Crippen LogP) is 5.17. The van der Waals surface area contributed by atoms with Gasteiger partial charge in [-0.05, 0) is 47.7 Å². The minimum absolute atomic E-state index is 0.0648. The second-order valence-electron chi connectivity index (χ2n) is 7.14. The lowest BCUT2D eigenvalue weighted by atomic mass is 9.80. The molecule has 0 aromatic heterocycles. The van der Waals surface area contributed by atoms with Crippen LogP contribution in [0.4, 0.5) is 5.69 Å². The van der Waals surface area contributed by atoms with Gasteiger partial charge in [0.2, 0.25) is 0 Å². The van der Waals surface area contributed by atoms with E-state index in [9.17, 15) is 4.79 Å². The van der Waals surface area contributed by atoms with Crippen molar-refractivity contribution < 1.29 is 9.53 Å². The quantitative estimate of drug-likeness (QED) is 0.564. The number of amides is 1. The third-order valence-electron chi connectivity index (χ3n) is 5.40. The number of benzene rings is 3. The van der Waals surface area contributed by atoms with Crippen molar-refractivity contribution >= 4 is 28.5 Å². The molecular weight excluding hydrogens is 406 g/mol. The summed E-state index contributed by atoms with van der Waals surface area (Å²) in [6.45, 7) is 2.55. The molecule has 5 rings (SSSR count). The molecule has 0 bridgehead atoms. The highest BCUT2D eigenvalue weighted by molar-refractivity contribution is 8.16. The molecule has 0 fully saturated rings. The second kappa shape index (κ2) is 7.96. The summed E-state index contributed by atoms with van der Waals surface area (Å²) < 4.78 is 5.62. The third kappa shape index (κ3) is 3.11. The molecule has 2 heterocycles. The maximum atomic E-state index is 14.2. The maximum absolute atomic E-state index is 14.2. The van der Waals surface area contributed by atoms with Gasteiger partial charge >= 0.3 is 0 Å². The Morgan fingerprint density at radius 1 is 0.903 bits per heavy atom. The highest BCUT2D eigenvalue weighted by Gasteiger charge is 2.54. The predicted molar refractivity (Wildman–Crippen MR) is 125 cm³/mol. The Labute approximate surface area is 185 Å². The van der Waals surface area contributed by atoms with Crippen LogP contribution in [-0.2, 0) is 10.3 Å². The third-order valence-corrected chi connectivity index (χ3v) is 6.14. The van der Waals surface area contributed by atoms with Crippen molar-refractivity contribution in [1.82, 2.24) is 4.90 Å². The van der Waals surface area contributed by atoms with E-state index < -0.39 is 5.54 Å². The number of rotatable bonds is 5. The molecule has 0 saturated heterocycles. The number of carbonyl (C=O) groups excluding carboxylic acids is 1.